The summed E-state index contributed by atoms with van der Waals surface area (Å²) in [5, 5.41) is 0.101. The van der Waals surface area contributed by atoms with Gasteiger partial charge in [-0.15, -0.1) is 0 Å². The Hall–Kier alpha value is -3.18. The van der Waals surface area contributed by atoms with E-state index in [0.717, 1.165) is 22.5 Å². The van der Waals surface area contributed by atoms with Crippen molar-refractivity contribution in [1.82, 2.24) is 0 Å². The standard InChI is InChI=1S/C25H22N2O2S/c1-17-8-6-12-20(14-17)26-25-27(21-13-7-9-18(2)15-21)24(29)23(30-25)16-22(28)19-10-4-3-5-11-19/h3-15,23H,16H2,1-2H3. The molecule has 3 aromatic rings. The molecule has 4 rings (SSSR count). The average molecular weight is 415 g/mol. The van der Waals surface area contributed by atoms with E-state index in [1.54, 1.807) is 17.0 Å². The summed E-state index contributed by atoms with van der Waals surface area (Å²) < 4.78 is 0. The van der Waals surface area contributed by atoms with E-state index < -0.39 is 5.25 Å². The van der Waals surface area contributed by atoms with E-state index in [0.29, 0.717) is 10.7 Å². The fraction of sp³-hybridized carbons (Fsp3) is 0.160. The second-order valence-corrected chi connectivity index (χ2v) is 8.52. The van der Waals surface area contributed by atoms with Crippen molar-refractivity contribution >= 4 is 40.0 Å². The molecule has 0 spiro atoms. The average Bonchev–Trinajstić information content (AvgIpc) is 3.03. The van der Waals surface area contributed by atoms with Gasteiger partial charge < -0.3 is 0 Å². The maximum Gasteiger partial charge on any atom is 0.247 e. The molecule has 0 N–H and O–H groups in total. The predicted octanol–water partition coefficient (Wildman–Crippen LogP) is 5.71. The Labute approximate surface area is 180 Å². The minimum atomic E-state index is -0.498. The van der Waals surface area contributed by atoms with E-state index in [1.165, 1.54) is 11.8 Å². The van der Waals surface area contributed by atoms with Crippen LogP contribution in [0.1, 0.15) is 27.9 Å². The van der Waals surface area contributed by atoms with E-state index in [-0.39, 0.29) is 18.1 Å². The van der Waals surface area contributed by atoms with Crippen LogP contribution in [0.5, 0.6) is 0 Å². The minimum absolute atomic E-state index is 0.0394. The molecule has 0 bridgehead atoms. The Bertz CT molecular complexity index is 1120. The van der Waals surface area contributed by atoms with Gasteiger partial charge in [0.1, 0.15) is 0 Å². The number of aliphatic imine (C=N–C) groups is 1. The summed E-state index contributed by atoms with van der Waals surface area (Å²) in [6.07, 6.45) is 0.142. The number of thioether (sulfide) groups is 1. The van der Waals surface area contributed by atoms with Crippen molar-refractivity contribution < 1.29 is 9.59 Å². The van der Waals surface area contributed by atoms with Gasteiger partial charge in [-0.05, 0) is 49.2 Å². The van der Waals surface area contributed by atoms with Crippen LogP contribution in [0.25, 0.3) is 0 Å². The van der Waals surface area contributed by atoms with E-state index in [2.05, 4.69) is 0 Å². The highest BCUT2D eigenvalue weighted by atomic mass is 32.2. The van der Waals surface area contributed by atoms with Crippen LogP contribution in [0.2, 0.25) is 0 Å². The normalized spacial score (nSPS) is 17.5. The smallest absolute Gasteiger partial charge is 0.247 e. The van der Waals surface area contributed by atoms with Crippen LogP contribution >= 0.6 is 11.8 Å². The summed E-state index contributed by atoms with van der Waals surface area (Å²) in [4.78, 5) is 32.5. The van der Waals surface area contributed by atoms with Crippen LogP contribution in [0, 0.1) is 13.8 Å². The van der Waals surface area contributed by atoms with E-state index in [9.17, 15) is 9.59 Å². The summed E-state index contributed by atoms with van der Waals surface area (Å²) in [6, 6.07) is 24.7. The molecule has 0 saturated carbocycles. The number of carbonyl (C=O) groups is 2. The number of carbonyl (C=O) groups excluding carboxylic acids is 2. The van der Waals surface area contributed by atoms with Crippen LogP contribution in [0.3, 0.4) is 0 Å². The Morgan fingerprint density at radius 3 is 2.33 bits per heavy atom. The molecule has 150 valence electrons. The Morgan fingerprint density at radius 1 is 0.933 bits per heavy atom. The SMILES string of the molecule is Cc1cccc(N=C2SC(CC(=O)c3ccccc3)C(=O)N2c2cccc(C)c2)c1. The number of amides is 1. The molecule has 4 nitrogen and oxygen atoms in total. The topological polar surface area (TPSA) is 49.7 Å². The number of ketones is 1. The zero-order valence-electron chi connectivity index (χ0n) is 16.9. The monoisotopic (exact) mass is 414 g/mol. The van der Waals surface area contributed by atoms with Crippen LogP contribution in [-0.2, 0) is 4.79 Å². The number of hydrogen-bond acceptors (Lipinski definition) is 4. The minimum Gasteiger partial charge on any atom is -0.294 e. The van der Waals surface area contributed by atoms with E-state index >= 15 is 0 Å². The molecule has 0 aliphatic carbocycles. The fourth-order valence-electron chi connectivity index (χ4n) is 3.40. The predicted molar refractivity (Wildman–Crippen MR) is 124 cm³/mol. The molecule has 1 unspecified atom stereocenters. The van der Waals surface area contributed by atoms with Crippen molar-refractivity contribution in [3.8, 4) is 0 Å². The first-order valence-electron chi connectivity index (χ1n) is 9.82. The van der Waals surface area contributed by atoms with Gasteiger partial charge in [0.2, 0.25) is 5.91 Å². The zero-order valence-corrected chi connectivity index (χ0v) is 17.7. The molecule has 1 aliphatic heterocycles. The third-order valence-corrected chi connectivity index (χ3v) is 6.03. The Kier molecular flexibility index (Phi) is 5.81. The first-order valence-corrected chi connectivity index (χ1v) is 10.7. The van der Waals surface area contributed by atoms with Gasteiger partial charge in [-0.25, -0.2) is 4.99 Å². The molecule has 1 aliphatic rings. The van der Waals surface area contributed by atoms with Crippen LogP contribution in [0.15, 0.2) is 83.9 Å². The van der Waals surface area contributed by atoms with Gasteiger partial charge in [0.05, 0.1) is 16.6 Å². The third kappa shape index (κ3) is 4.36. The summed E-state index contributed by atoms with van der Waals surface area (Å²) in [7, 11) is 0. The number of Topliss-reactive ketones (excluding diaryl/α,β-unsaturated/α-hetero) is 1. The zero-order chi connectivity index (χ0) is 21.1. The molecule has 0 aromatic heterocycles. The lowest BCUT2D eigenvalue weighted by molar-refractivity contribution is -0.116. The second-order valence-electron chi connectivity index (χ2n) is 7.35. The number of rotatable bonds is 5. The molecule has 5 heteroatoms. The van der Waals surface area contributed by atoms with E-state index in [1.807, 2.05) is 80.6 Å². The molecule has 1 fully saturated rings. The van der Waals surface area contributed by atoms with Gasteiger partial charge in [0.25, 0.3) is 0 Å². The second kappa shape index (κ2) is 8.67. The summed E-state index contributed by atoms with van der Waals surface area (Å²) in [5.74, 6) is -0.149. The number of anilines is 1. The van der Waals surface area contributed by atoms with Crippen molar-refractivity contribution in [1.29, 1.82) is 0 Å². The van der Waals surface area contributed by atoms with Crippen LogP contribution in [0.4, 0.5) is 11.4 Å². The van der Waals surface area contributed by atoms with Crippen molar-refractivity contribution in [3.05, 3.63) is 95.6 Å². The summed E-state index contributed by atoms with van der Waals surface area (Å²) in [6.45, 7) is 4.00. The number of benzene rings is 3. The third-order valence-electron chi connectivity index (χ3n) is 4.89. The first-order chi connectivity index (χ1) is 14.5. The number of amidine groups is 1. The quantitative estimate of drug-likeness (QED) is 0.502. The maximum absolute atomic E-state index is 13.3. The molecule has 1 amide bonds. The number of nitrogens with zero attached hydrogens (tertiary/aromatic N) is 2. The molecule has 3 aromatic carbocycles. The van der Waals surface area contributed by atoms with Crippen molar-refractivity contribution in [2.45, 2.75) is 25.5 Å². The first kappa shape index (κ1) is 20.1. The number of aryl methyl sites for hydroxylation is 2. The lowest BCUT2D eigenvalue weighted by Crippen LogP contribution is -2.32. The highest BCUT2D eigenvalue weighted by Crippen LogP contribution is 2.36. The maximum atomic E-state index is 13.3. The van der Waals surface area contributed by atoms with Gasteiger partial charge in [0.15, 0.2) is 11.0 Å². The van der Waals surface area contributed by atoms with Crippen molar-refractivity contribution in [2.24, 2.45) is 4.99 Å². The highest BCUT2D eigenvalue weighted by molar-refractivity contribution is 8.16. The molecule has 1 heterocycles. The largest absolute Gasteiger partial charge is 0.294 e. The van der Waals surface area contributed by atoms with Crippen LogP contribution in [-0.4, -0.2) is 22.1 Å². The highest BCUT2D eigenvalue weighted by Gasteiger charge is 2.40. The lowest BCUT2D eigenvalue weighted by atomic mass is 10.1. The Morgan fingerprint density at radius 2 is 1.63 bits per heavy atom. The van der Waals surface area contributed by atoms with Gasteiger partial charge in [-0.3, -0.25) is 14.5 Å². The number of hydrogen-bond donors (Lipinski definition) is 0. The van der Waals surface area contributed by atoms with Gasteiger partial charge in [-0.2, -0.15) is 0 Å². The molecule has 30 heavy (non-hydrogen) atoms. The lowest BCUT2D eigenvalue weighted by Gasteiger charge is -2.17. The molecule has 0 radical (unpaired) electrons. The van der Waals surface area contributed by atoms with Gasteiger partial charge in [-0.1, -0.05) is 66.4 Å². The summed E-state index contributed by atoms with van der Waals surface area (Å²) in [5.41, 5.74) is 4.34. The fourth-order valence-corrected chi connectivity index (χ4v) is 4.55. The Balaban J connectivity index is 1.68. The molecule has 1 atom stereocenters. The van der Waals surface area contributed by atoms with Gasteiger partial charge in [0, 0.05) is 12.0 Å². The molecular formula is C25H22N2O2S. The van der Waals surface area contributed by atoms with Crippen molar-refractivity contribution in [2.75, 3.05) is 4.90 Å². The van der Waals surface area contributed by atoms with Crippen molar-refractivity contribution in [3.63, 3.8) is 0 Å². The molecule has 1 saturated heterocycles. The molecular weight excluding hydrogens is 392 g/mol. The van der Waals surface area contributed by atoms with Gasteiger partial charge >= 0.3 is 0 Å². The summed E-state index contributed by atoms with van der Waals surface area (Å²) >= 11 is 1.36. The van der Waals surface area contributed by atoms with Crippen LogP contribution < -0.4 is 4.90 Å². The van der Waals surface area contributed by atoms with E-state index in [4.69, 9.17) is 4.99 Å².